The number of carboxylic acid groups (broad SMARTS) is 1. The number of aromatic nitrogens is 1. The van der Waals surface area contributed by atoms with Crippen LogP contribution in [0.25, 0.3) is 0 Å². The van der Waals surface area contributed by atoms with E-state index < -0.39 is 11.5 Å². The number of aromatic hydroxyl groups is 1. The molecule has 24 heavy (non-hydrogen) atoms. The van der Waals surface area contributed by atoms with Crippen molar-refractivity contribution >= 4 is 11.9 Å². The third-order valence-electron chi connectivity index (χ3n) is 3.26. The fraction of sp³-hybridized carbons (Fsp3) is 0.533. The maximum absolute atomic E-state index is 11.2. The molecule has 9 nitrogen and oxygen atoms in total. The van der Waals surface area contributed by atoms with Gasteiger partial charge in [-0.1, -0.05) is 0 Å². The lowest BCUT2D eigenvalue weighted by Crippen LogP contribution is -2.34. The van der Waals surface area contributed by atoms with E-state index in [1.165, 1.54) is 19.1 Å². The van der Waals surface area contributed by atoms with E-state index in [1.54, 1.807) is 7.11 Å². The van der Waals surface area contributed by atoms with E-state index in [9.17, 15) is 9.90 Å². The molecule has 0 fully saturated rings. The van der Waals surface area contributed by atoms with Gasteiger partial charge in [0.1, 0.15) is 19.0 Å². The van der Waals surface area contributed by atoms with Crippen LogP contribution >= 0.6 is 0 Å². The number of pyridine rings is 1. The Kier molecular flexibility index (Phi) is 5.93. The molecular weight excluding hydrogens is 320 g/mol. The summed E-state index contributed by atoms with van der Waals surface area (Å²) in [6, 6.07) is 2.87. The second kappa shape index (κ2) is 7.93. The van der Waals surface area contributed by atoms with E-state index in [0.29, 0.717) is 19.8 Å². The SMILES string of the molecule is COCCOCCOc1ccc(O)c(C2=NC(C)(C(=O)O)CO2)n1. The highest BCUT2D eigenvalue weighted by Gasteiger charge is 2.40. The minimum atomic E-state index is -1.39. The molecule has 1 aromatic rings. The minimum Gasteiger partial charge on any atom is -0.505 e. The zero-order chi connectivity index (χ0) is 17.6. The van der Waals surface area contributed by atoms with E-state index in [2.05, 4.69) is 9.98 Å². The zero-order valence-corrected chi connectivity index (χ0v) is 13.5. The lowest BCUT2D eigenvalue weighted by Gasteiger charge is -2.10. The van der Waals surface area contributed by atoms with Crippen LogP contribution in [0.15, 0.2) is 17.1 Å². The second-order valence-corrected chi connectivity index (χ2v) is 5.26. The van der Waals surface area contributed by atoms with Crippen LogP contribution in [-0.2, 0) is 19.0 Å². The topological polar surface area (TPSA) is 120 Å². The summed E-state index contributed by atoms with van der Waals surface area (Å²) < 4.78 is 20.8. The molecule has 9 heteroatoms. The van der Waals surface area contributed by atoms with Crippen molar-refractivity contribution in [2.45, 2.75) is 12.5 Å². The van der Waals surface area contributed by atoms with Gasteiger partial charge >= 0.3 is 5.97 Å². The molecule has 0 spiro atoms. The van der Waals surface area contributed by atoms with Crippen molar-refractivity contribution < 1.29 is 34.0 Å². The molecule has 0 aliphatic carbocycles. The predicted molar refractivity (Wildman–Crippen MR) is 82.6 cm³/mol. The summed E-state index contributed by atoms with van der Waals surface area (Å²) >= 11 is 0. The van der Waals surface area contributed by atoms with Gasteiger partial charge in [-0.25, -0.2) is 14.8 Å². The van der Waals surface area contributed by atoms with Crippen LogP contribution in [0.2, 0.25) is 0 Å². The Hall–Kier alpha value is -2.39. The Labute approximate surface area is 138 Å². The number of carboxylic acids is 1. The van der Waals surface area contributed by atoms with Gasteiger partial charge in [-0.3, -0.25) is 0 Å². The monoisotopic (exact) mass is 340 g/mol. The van der Waals surface area contributed by atoms with Crippen LogP contribution < -0.4 is 4.74 Å². The van der Waals surface area contributed by atoms with Crippen LogP contribution in [-0.4, -0.2) is 72.7 Å². The summed E-state index contributed by atoms with van der Waals surface area (Å²) in [5, 5.41) is 19.1. The lowest BCUT2D eigenvalue weighted by molar-refractivity contribution is -0.142. The summed E-state index contributed by atoms with van der Waals surface area (Å²) in [4.78, 5) is 19.3. The summed E-state index contributed by atoms with van der Waals surface area (Å²) in [7, 11) is 1.59. The molecule has 0 saturated heterocycles. The van der Waals surface area contributed by atoms with Gasteiger partial charge in [0, 0.05) is 13.2 Å². The van der Waals surface area contributed by atoms with Crippen molar-refractivity contribution in [3.63, 3.8) is 0 Å². The summed E-state index contributed by atoms with van der Waals surface area (Å²) in [6.07, 6.45) is 0. The molecule has 1 aliphatic rings. The normalized spacial score (nSPS) is 19.7. The van der Waals surface area contributed by atoms with E-state index in [4.69, 9.17) is 24.1 Å². The first-order chi connectivity index (χ1) is 11.5. The van der Waals surface area contributed by atoms with Crippen LogP contribution in [0.3, 0.4) is 0 Å². The van der Waals surface area contributed by atoms with Gasteiger partial charge in [0.05, 0.1) is 19.8 Å². The molecule has 0 saturated carbocycles. The maximum Gasteiger partial charge on any atom is 0.335 e. The van der Waals surface area contributed by atoms with Crippen LogP contribution in [0, 0.1) is 0 Å². The quantitative estimate of drug-likeness (QED) is 0.622. The van der Waals surface area contributed by atoms with Crippen molar-refractivity contribution in [2.75, 3.05) is 40.1 Å². The highest BCUT2D eigenvalue weighted by Crippen LogP contribution is 2.26. The number of carbonyl (C=O) groups is 1. The van der Waals surface area contributed by atoms with E-state index >= 15 is 0 Å². The van der Waals surface area contributed by atoms with E-state index in [0.717, 1.165) is 0 Å². The fourth-order valence-electron chi connectivity index (χ4n) is 1.85. The summed E-state index contributed by atoms with van der Waals surface area (Å²) in [5.74, 6) is -1.07. The molecule has 2 heterocycles. The van der Waals surface area contributed by atoms with Gasteiger partial charge in [-0.05, 0) is 13.0 Å². The molecule has 132 valence electrons. The first-order valence-corrected chi connectivity index (χ1v) is 7.32. The average Bonchev–Trinajstić information content (AvgIpc) is 2.96. The van der Waals surface area contributed by atoms with Gasteiger partial charge < -0.3 is 29.2 Å². The maximum atomic E-state index is 11.2. The van der Waals surface area contributed by atoms with Crippen molar-refractivity contribution in [3.05, 3.63) is 17.8 Å². The second-order valence-electron chi connectivity index (χ2n) is 5.26. The van der Waals surface area contributed by atoms with Gasteiger partial charge in [-0.2, -0.15) is 0 Å². The highest BCUT2D eigenvalue weighted by molar-refractivity contribution is 5.99. The zero-order valence-electron chi connectivity index (χ0n) is 13.5. The van der Waals surface area contributed by atoms with Gasteiger partial charge in [0.2, 0.25) is 11.8 Å². The molecule has 0 amide bonds. The molecule has 2 N–H and O–H groups in total. The smallest absolute Gasteiger partial charge is 0.335 e. The number of nitrogens with zero attached hydrogens (tertiary/aromatic N) is 2. The van der Waals surface area contributed by atoms with E-state index in [1.807, 2.05) is 0 Å². The molecule has 2 rings (SSSR count). The molecule has 1 atom stereocenters. The van der Waals surface area contributed by atoms with Crippen LogP contribution in [0.5, 0.6) is 11.6 Å². The van der Waals surface area contributed by atoms with Crippen molar-refractivity contribution in [1.82, 2.24) is 4.98 Å². The largest absolute Gasteiger partial charge is 0.505 e. The molecule has 0 radical (unpaired) electrons. The first-order valence-electron chi connectivity index (χ1n) is 7.32. The van der Waals surface area contributed by atoms with Crippen LogP contribution in [0.4, 0.5) is 0 Å². The van der Waals surface area contributed by atoms with Crippen molar-refractivity contribution in [3.8, 4) is 11.6 Å². The third-order valence-corrected chi connectivity index (χ3v) is 3.26. The summed E-state index contributed by atoms with van der Waals surface area (Å²) in [5.41, 5.74) is -1.35. The number of hydrogen-bond donors (Lipinski definition) is 2. The number of hydrogen-bond acceptors (Lipinski definition) is 8. The van der Waals surface area contributed by atoms with E-state index in [-0.39, 0.29) is 36.4 Å². The number of ether oxygens (including phenoxy) is 4. The Bertz CT molecular complexity index is 620. The fourth-order valence-corrected chi connectivity index (χ4v) is 1.85. The molecule has 1 unspecified atom stereocenters. The first kappa shape index (κ1) is 18.0. The molecule has 1 aromatic heterocycles. The minimum absolute atomic E-state index is 0.0285. The average molecular weight is 340 g/mol. The Balaban J connectivity index is 2.00. The third kappa shape index (κ3) is 4.33. The van der Waals surface area contributed by atoms with Crippen molar-refractivity contribution in [1.29, 1.82) is 0 Å². The highest BCUT2D eigenvalue weighted by atomic mass is 16.5. The number of methoxy groups -OCH3 is 1. The molecular formula is C15H20N2O7. The van der Waals surface area contributed by atoms with Crippen LogP contribution in [0.1, 0.15) is 12.6 Å². The van der Waals surface area contributed by atoms with Gasteiger partial charge in [-0.15, -0.1) is 0 Å². The van der Waals surface area contributed by atoms with Crippen molar-refractivity contribution in [2.24, 2.45) is 4.99 Å². The molecule has 1 aliphatic heterocycles. The molecule has 0 aromatic carbocycles. The number of aliphatic imine (C=N–C) groups is 1. The predicted octanol–water partition coefficient (Wildman–Crippen LogP) is 0.449. The van der Waals surface area contributed by atoms with Gasteiger partial charge in [0.25, 0.3) is 0 Å². The number of aliphatic carboxylic acids is 1. The standard InChI is InChI=1S/C15H20N2O7/c1-15(14(19)20)9-24-13(17-15)12-10(18)3-4-11(16-12)23-8-7-22-6-5-21-2/h3-4,18H,5-9H2,1-2H3,(H,19,20). The number of rotatable bonds is 9. The molecule has 0 bridgehead atoms. The van der Waals surface area contributed by atoms with Gasteiger partial charge in [0.15, 0.2) is 11.2 Å². The Morgan fingerprint density at radius 1 is 1.33 bits per heavy atom. The lowest BCUT2D eigenvalue weighted by atomic mass is 10.1. The summed E-state index contributed by atoms with van der Waals surface area (Å²) in [6.45, 7) is 2.89. The Morgan fingerprint density at radius 3 is 2.75 bits per heavy atom. The Morgan fingerprint density at radius 2 is 2.08 bits per heavy atom.